The molecule has 0 fully saturated rings. The number of nitro groups is 1. The van der Waals surface area contributed by atoms with Crippen molar-refractivity contribution in [2.24, 2.45) is 0 Å². The van der Waals surface area contributed by atoms with Crippen LogP contribution < -0.4 is 4.90 Å². The first kappa shape index (κ1) is 20.9. The van der Waals surface area contributed by atoms with E-state index in [1.54, 1.807) is 26.0 Å². The Morgan fingerprint density at radius 3 is 2.32 bits per heavy atom. The van der Waals surface area contributed by atoms with Gasteiger partial charge >= 0.3 is 5.97 Å². The van der Waals surface area contributed by atoms with Crippen LogP contribution in [0.4, 0.5) is 11.4 Å². The van der Waals surface area contributed by atoms with E-state index in [0.717, 1.165) is 11.6 Å². The molecule has 8 heteroatoms. The second-order valence-electron chi connectivity index (χ2n) is 6.52. The summed E-state index contributed by atoms with van der Waals surface area (Å²) in [4.78, 5) is 38.3. The van der Waals surface area contributed by atoms with Crippen molar-refractivity contribution < 1.29 is 19.2 Å². The monoisotopic (exact) mass is 385 g/mol. The first-order valence-corrected chi connectivity index (χ1v) is 8.66. The minimum atomic E-state index is -0.789. The molecule has 0 N–H and O–H groups in total. The normalized spacial score (nSPS) is 11.4. The van der Waals surface area contributed by atoms with Crippen molar-refractivity contribution >= 4 is 23.3 Å². The third kappa shape index (κ3) is 4.85. The van der Waals surface area contributed by atoms with Gasteiger partial charge in [-0.25, -0.2) is 4.79 Å². The minimum absolute atomic E-state index is 0.0175. The number of esters is 1. The molecule has 148 valence electrons. The topological polar surface area (TPSA) is 93.0 Å². The van der Waals surface area contributed by atoms with Crippen LogP contribution >= 0.6 is 0 Å². The molecule has 0 saturated carbocycles. The summed E-state index contributed by atoms with van der Waals surface area (Å²) in [5.41, 5.74) is 1.14. The van der Waals surface area contributed by atoms with Crippen LogP contribution in [-0.4, -0.2) is 49.4 Å². The van der Waals surface area contributed by atoms with E-state index >= 15 is 0 Å². The summed E-state index contributed by atoms with van der Waals surface area (Å²) in [7, 11) is 4.97. The first-order chi connectivity index (χ1) is 13.2. The van der Waals surface area contributed by atoms with Gasteiger partial charge in [-0.15, -0.1) is 0 Å². The zero-order valence-electron chi connectivity index (χ0n) is 16.3. The predicted octanol–water partition coefficient (Wildman–Crippen LogP) is 3.04. The van der Waals surface area contributed by atoms with Gasteiger partial charge in [-0.3, -0.25) is 14.9 Å². The highest BCUT2D eigenvalue weighted by atomic mass is 16.6. The van der Waals surface area contributed by atoms with E-state index in [4.69, 9.17) is 4.74 Å². The molecule has 0 spiro atoms. The van der Waals surface area contributed by atoms with Crippen molar-refractivity contribution in [1.82, 2.24) is 4.90 Å². The molecule has 0 saturated heterocycles. The van der Waals surface area contributed by atoms with Gasteiger partial charge in [-0.1, -0.05) is 30.3 Å². The van der Waals surface area contributed by atoms with Gasteiger partial charge in [0, 0.05) is 27.2 Å². The van der Waals surface area contributed by atoms with Gasteiger partial charge in [0.05, 0.1) is 16.5 Å². The number of amides is 1. The lowest BCUT2D eigenvalue weighted by atomic mass is 10.1. The summed E-state index contributed by atoms with van der Waals surface area (Å²) in [5.74, 6) is -1.16. The van der Waals surface area contributed by atoms with Crippen molar-refractivity contribution in [1.29, 1.82) is 0 Å². The first-order valence-electron chi connectivity index (χ1n) is 8.66. The van der Waals surface area contributed by atoms with E-state index in [0.29, 0.717) is 5.69 Å². The average molecular weight is 385 g/mol. The molecule has 2 aromatic rings. The molecule has 1 unspecified atom stereocenters. The average Bonchev–Trinajstić information content (AvgIpc) is 2.70. The van der Waals surface area contributed by atoms with Crippen LogP contribution in [0, 0.1) is 10.1 Å². The highest BCUT2D eigenvalue weighted by Gasteiger charge is 2.22. The Kier molecular flexibility index (Phi) is 6.70. The van der Waals surface area contributed by atoms with Crippen molar-refractivity contribution in [3.8, 4) is 0 Å². The van der Waals surface area contributed by atoms with Gasteiger partial charge in [0.25, 0.3) is 11.6 Å². The Morgan fingerprint density at radius 1 is 1.11 bits per heavy atom. The molecule has 0 aliphatic rings. The molecule has 0 aromatic heterocycles. The lowest BCUT2D eigenvalue weighted by molar-refractivity contribution is -0.384. The Balaban J connectivity index is 2.04. The maximum atomic E-state index is 12.3. The number of anilines is 1. The van der Waals surface area contributed by atoms with Gasteiger partial charge < -0.3 is 14.5 Å². The molecule has 1 atom stereocenters. The SMILES string of the molecule is CC(c1ccccc1)N(C)C(=O)COC(=O)c1ccc(N(C)C)c([N+](=O)[O-])c1. The number of likely N-dealkylation sites (N-methyl/N-ethyl adjacent to an activating group) is 1. The van der Waals surface area contributed by atoms with Crippen molar-refractivity contribution in [2.45, 2.75) is 13.0 Å². The standard InChI is InChI=1S/C20H23N3O5/c1-14(15-8-6-5-7-9-15)22(4)19(24)13-28-20(25)16-10-11-17(21(2)3)18(12-16)23(26)27/h5-12,14H,13H2,1-4H3. The Morgan fingerprint density at radius 2 is 1.75 bits per heavy atom. The van der Waals surface area contributed by atoms with Gasteiger partial charge in [0.15, 0.2) is 6.61 Å². The summed E-state index contributed by atoms with van der Waals surface area (Å²) in [6, 6.07) is 13.3. The number of hydrogen-bond acceptors (Lipinski definition) is 6. The van der Waals surface area contributed by atoms with Crippen molar-refractivity contribution in [2.75, 3.05) is 32.6 Å². The molecule has 0 aliphatic heterocycles. The van der Waals surface area contributed by atoms with Crippen LogP contribution in [0.25, 0.3) is 0 Å². The van der Waals surface area contributed by atoms with Gasteiger partial charge in [-0.2, -0.15) is 0 Å². The largest absolute Gasteiger partial charge is 0.452 e. The Bertz CT molecular complexity index is 867. The van der Waals surface area contributed by atoms with E-state index in [-0.39, 0.29) is 23.2 Å². The lowest BCUT2D eigenvalue weighted by Gasteiger charge is -2.25. The van der Waals surface area contributed by atoms with Gasteiger partial charge in [-0.05, 0) is 24.6 Å². The van der Waals surface area contributed by atoms with Crippen LogP contribution in [0.1, 0.15) is 28.9 Å². The quantitative estimate of drug-likeness (QED) is 0.413. The number of hydrogen-bond donors (Lipinski definition) is 0. The number of carbonyl (C=O) groups is 2. The fraction of sp³-hybridized carbons (Fsp3) is 0.300. The lowest BCUT2D eigenvalue weighted by Crippen LogP contribution is -2.33. The molecule has 0 heterocycles. The molecule has 0 bridgehead atoms. The molecule has 0 aliphatic carbocycles. The highest BCUT2D eigenvalue weighted by molar-refractivity contribution is 5.93. The zero-order valence-corrected chi connectivity index (χ0v) is 16.3. The van der Waals surface area contributed by atoms with Crippen LogP contribution in [0.2, 0.25) is 0 Å². The van der Waals surface area contributed by atoms with E-state index < -0.39 is 17.5 Å². The fourth-order valence-electron chi connectivity index (χ4n) is 2.66. The number of carbonyl (C=O) groups excluding carboxylic acids is 2. The third-order valence-electron chi connectivity index (χ3n) is 4.47. The van der Waals surface area contributed by atoms with Crippen LogP contribution in [0.15, 0.2) is 48.5 Å². The maximum Gasteiger partial charge on any atom is 0.338 e. The predicted molar refractivity (Wildman–Crippen MR) is 105 cm³/mol. The number of nitrogens with zero attached hydrogens (tertiary/aromatic N) is 3. The summed E-state index contributed by atoms with van der Waals surface area (Å²) in [6.45, 7) is 1.42. The van der Waals surface area contributed by atoms with Gasteiger partial charge in [0.1, 0.15) is 5.69 Å². The second-order valence-corrected chi connectivity index (χ2v) is 6.52. The van der Waals surface area contributed by atoms with Crippen molar-refractivity contribution in [3.05, 3.63) is 69.8 Å². The summed E-state index contributed by atoms with van der Waals surface area (Å²) in [5, 5.41) is 11.2. The van der Waals surface area contributed by atoms with E-state index in [1.165, 1.54) is 17.0 Å². The third-order valence-corrected chi connectivity index (χ3v) is 4.47. The van der Waals surface area contributed by atoms with E-state index in [1.807, 2.05) is 37.3 Å². The maximum absolute atomic E-state index is 12.3. The second kappa shape index (κ2) is 8.98. The van der Waals surface area contributed by atoms with Gasteiger partial charge in [0.2, 0.25) is 0 Å². The molecule has 2 aromatic carbocycles. The molecule has 8 nitrogen and oxygen atoms in total. The minimum Gasteiger partial charge on any atom is -0.452 e. The van der Waals surface area contributed by atoms with E-state index in [2.05, 4.69) is 0 Å². The molecule has 1 amide bonds. The highest BCUT2D eigenvalue weighted by Crippen LogP contribution is 2.28. The van der Waals surface area contributed by atoms with E-state index in [9.17, 15) is 19.7 Å². The fourth-order valence-corrected chi connectivity index (χ4v) is 2.66. The van der Waals surface area contributed by atoms with Crippen LogP contribution in [-0.2, 0) is 9.53 Å². The molecular weight excluding hydrogens is 362 g/mol. The summed E-state index contributed by atoms with van der Waals surface area (Å²) < 4.78 is 5.07. The molecule has 0 radical (unpaired) electrons. The Hall–Kier alpha value is -3.42. The number of nitro benzene ring substituents is 1. The van der Waals surface area contributed by atoms with Crippen LogP contribution in [0.3, 0.4) is 0 Å². The Labute approximate surface area is 163 Å². The number of rotatable bonds is 7. The number of ether oxygens (including phenoxy) is 1. The summed E-state index contributed by atoms with van der Waals surface area (Å²) >= 11 is 0. The molecule has 28 heavy (non-hydrogen) atoms. The number of benzene rings is 2. The van der Waals surface area contributed by atoms with Crippen LogP contribution in [0.5, 0.6) is 0 Å². The summed E-state index contributed by atoms with van der Waals surface area (Å²) in [6.07, 6.45) is 0. The smallest absolute Gasteiger partial charge is 0.338 e. The van der Waals surface area contributed by atoms with Crippen molar-refractivity contribution in [3.63, 3.8) is 0 Å². The zero-order chi connectivity index (χ0) is 20.8. The molecule has 2 rings (SSSR count). The molecular formula is C20H23N3O5.